The Morgan fingerprint density at radius 2 is 1.85 bits per heavy atom. The molecule has 0 aliphatic carbocycles. The van der Waals surface area contributed by atoms with Gasteiger partial charge in [-0.25, -0.2) is 9.97 Å². The molecule has 0 spiro atoms. The van der Waals surface area contributed by atoms with Crippen LogP contribution in [-0.2, 0) is 0 Å². The summed E-state index contributed by atoms with van der Waals surface area (Å²) in [7, 11) is 1.68. The van der Waals surface area contributed by atoms with E-state index >= 15 is 0 Å². The Morgan fingerprint density at radius 3 is 2.45 bits per heavy atom. The third-order valence-corrected chi connectivity index (χ3v) is 2.56. The molecular formula is C13H12F3N3O. The summed E-state index contributed by atoms with van der Waals surface area (Å²) in [5, 5.41) is 2.96. The molecular weight excluding hydrogens is 271 g/mol. The highest BCUT2D eigenvalue weighted by Crippen LogP contribution is 2.26. The van der Waals surface area contributed by atoms with Crippen LogP contribution in [0.2, 0.25) is 0 Å². The Morgan fingerprint density at radius 1 is 1.15 bits per heavy atom. The Bertz CT molecular complexity index is 560. The van der Waals surface area contributed by atoms with Crippen LogP contribution in [0, 0.1) is 0 Å². The number of ether oxygens (including phenoxy) is 1. The van der Waals surface area contributed by atoms with Gasteiger partial charge in [-0.3, -0.25) is 0 Å². The molecule has 1 aromatic heterocycles. The van der Waals surface area contributed by atoms with E-state index in [0.717, 1.165) is 0 Å². The van der Waals surface area contributed by atoms with Gasteiger partial charge in [0.15, 0.2) is 0 Å². The van der Waals surface area contributed by atoms with Crippen molar-refractivity contribution < 1.29 is 17.9 Å². The van der Waals surface area contributed by atoms with Crippen LogP contribution in [0.25, 0.3) is 0 Å². The van der Waals surface area contributed by atoms with Crippen molar-refractivity contribution in [2.24, 2.45) is 0 Å². The lowest BCUT2D eigenvalue weighted by molar-refractivity contribution is -0.274. The largest absolute Gasteiger partial charge is 0.573 e. The van der Waals surface area contributed by atoms with Gasteiger partial charge in [-0.2, -0.15) is 0 Å². The van der Waals surface area contributed by atoms with Crippen molar-refractivity contribution in [2.45, 2.75) is 12.4 Å². The molecule has 0 saturated heterocycles. The first kappa shape index (κ1) is 14.3. The maximum atomic E-state index is 12.2. The maximum absolute atomic E-state index is 12.2. The van der Waals surface area contributed by atoms with Crippen LogP contribution in [0.5, 0.6) is 5.75 Å². The summed E-state index contributed by atoms with van der Waals surface area (Å²) < 4.78 is 40.6. The molecule has 1 N–H and O–H groups in total. The van der Waals surface area contributed by atoms with E-state index in [1.54, 1.807) is 31.6 Å². The number of nitrogens with one attached hydrogen (secondary N) is 1. The van der Waals surface area contributed by atoms with Gasteiger partial charge in [0.2, 0.25) is 0 Å². The molecule has 0 saturated carbocycles. The number of aromatic nitrogens is 2. The SMILES string of the molecule is CNC(c1cccc(OC(F)(F)F)c1)c1ncccn1. The molecule has 0 bridgehead atoms. The van der Waals surface area contributed by atoms with Crippen molar-refractivity contribution in [1.82, 2.24) is 15.3 Å². The summed E-state index contributed by atoms with van der Waals surface area (Å²) >= 11 is 0. The highest BCUT2D eigenvalue weighted by atomic mass is 19.4. The first-order valence-corrected chi connectivity index (χ1v) is 5.79. The number of rotatable bonds is 4. The van der Waals surface area contributed by atoms with Gasteiger partial charge in [-0.1, -0.05) is 12.1 Å². The molecule has 1 aromatic carbocycles. The lowest BCUT2D eigenvalue weighted by Crippen LogP contribution is -2.21. The van der Waals surface area contributed by atoms with Crippen molar-refractivity contribution in [1.29, 1.82) is 0 Å². The minimum atomic E-state index is -4.71. The van der Waals surface area contributed by atoms with Crippen molar-refractivity contribution in [2.75, 3.05) is 7.05 Å². The van der Waals surface area contributed by atoms with Crippen LogP contribution in [0.4, 0.5) is 13.2 Å². The van der Waals surface area contributed by atoms with E-state index in [1.165, 1.54) is 18.2 Å². The van der Waals surface area contributed by atoms with E-state index in [1.807, 2.05) is 0 Å². The molecule has 4 nitrogen and oxygen atoms in total. The zero-order valence-electron chi connectivity index (χ0n) is 10.6. The maximum Gasteiger partial charge on any atom is 0.573 e. The Balaban J connectivity index is 2.29. The number of halogens is 3. The van der Waals surface area contributed by atoms with Crippen LogP contribution in [0.15, 0.2) is 42.7 Å². The summed E-state index contributed by atoms with van der Waals surface area (Å²) in [6.45, 7) is 0. The Hall–Kier alpha value is -2.15. The first-order chi connectivity index (χ1) is 9.49. The monoisotopic (exact) mass is 283 g/mol. The lowest BCUT2D eigenvalue weighted by Gasteiger charge is -2.16. The average molecular weight is 283 g/mol. The molecule has 1 heterocycles. The van der Waals surface area contributed by atoms with E-state index in [0.29, 0.717) is 11.4 Å². The third-order valence-electron chi connectivity index (χ3n) is 2.56. The van der Waals surface area contributed by atoms with Crippen LogP contribution >= 0.6 is 0 Å². The second kappa shape index (κ2) is 5.87. The number of nitrogens with zero attached hydrogens (tertiary/aromatic N) is 2. The molecule has 1 unspecified atom stereocenters. The topological polar surface area (TPSA) is 47.0 Å². The number of alkyl halides is 3. The summed E-state index contributed by atoms with van der Waals surface area (Å²) in [4.78, 5) is 8.19. The quantitative estimate of drug-likeness (QED) is 0.937. The predicted molar refractivity (Wildman–Crippen MR) is 66.1 cm³/mol. The van der Waals surface area contributed by atoms with Crippen LogP contribution < -0.4 is 10.1 Å². The van der Waals surface area contributed by atoms with Gasteiger partial charge in [0.25, 0.3) is 0 Å². The standard InChI is InChI=1S/C13H12F3N3O/c1-17-11(12-18-6-3-7-19-12)9-4-2-5-10(8-9)20-13(14,15)16/h2-8,11,17H,1H3. The zero-order chi connectivity index (χ0) is 14.6. The normalized spacial score (nSPS) is 13.0. The molecule has 1 atom stereocenters. The van der Waals surface area contributed by atoms with Crippen LogP contribution in [0.3, 0.4) is 0 Å². The second-order valence-corrected chi connectivity index (χ2v) is 3.95. The average Bonchev–Trinajstić information content (AvgIpc) is 2.39. The fraction of sp³-hybridized carbons (Fsp3) is 0.231. The van der Waals surface area contributed by atoms with Crippen LogP contribution in [0.1, 0.15) is 17.4 Å². The van der Waals surface area contributed by atoms with Gasteiger partial charge in [0.1, 0.15) is 11.6 Å². The zero-order valence-corrected chi connectivity index (χ0v) is 10.6. The number of hydrogen-bond acceptors (Lipinski definition) is 4. The summed E-state index contributed by atoms with van der Waals surface area (Å²) in [5.41, 5.74) is 0.584. The molecule has 2 aromatic rings. The molecule has 0 aliphatic heterocycles. The van der Waals surface area contributed by atoms with E-state index < -0.39 is 12.4 Å². The van der Waals surface area contributed by atoms with Gasteiger partial charge in [0, 0.05) is 12.4 Å². The number of hydrogen-bond donors (Lipinski definition) is 1. The molecule has 0 fully saturated rings. The minimum absolute atomic E-state index is 0.272. The summed E-state index contributed by atoms with van der Waals surface area (Å²) in [5.74, 6) is 0.199. The van der Waals surface area contributed by atoms with Gasteiger partial charge in [0.05, 0.1) is 6.04 Å². The van der Waals surface area contributed by atoms with E-state index in [9.17, 15) is 13.2 Å². The minimum Gasteiger partial charge on any atom is -0.406 e. The van der Waals surface area contributed by atoms with E-state index in [2.05, 4.69) is 20.0 Å². The molecule has 7 heteroatoms. The molecule has 0 radical (unpaired) electrons. The van der Waals surface area contributed by atoms with Crippen molar-refractivity contribution >= 4 is 0 Å². The van der Waals surface area contributed by atoms with E-state index in [-0.39, 0.29) is 5.75 Å². The van der Waals surface area contributed by atoms with Crippen molar-refractivity contribution in [3.05, 3.63) is 54.1 Å². The predicted octanol–water partition coefficient (Wildman–Crippen LogP) is 2.68. The Kier molecular flexibility index (Phi) is 4.19. The van der Waals surface area contributed by atoms with Gasteiger partial charge in [-0.15, -0.1) is 13.2 Å². The summed E-state index contributed by atoms with van der Waals surface area (Å²) in [6.07, 6.45) is -1.57. The fourth-order valence-electron chi connectivity index (χ4n) is 1.80. The first-order valence-electron chi connectivity index (χ1n) is 5.79. The third kappa shape index (κ3) is 3.67. The highest BCUT2D eigenvalue weighted by Gasteiger charge is 2.31. The Labute approximate surface area is 113 Å². The van der Waals surface area contributed by atoms with Crippen molar-refractivity contribution in [3.8, 4) is 5.75 Å². The van der Waals surface area contributed by atoms with E-state index in [4.69, 9.17) is 0 Å². The summed E-state index contributed by atoms with van der Waals surface area (Å²) in [6, 6.07) is 6.98. The van der Waals surface area contributed by atoms with Gasteiger partial charge in [-0.05, 0) is 30.8 Å². The molecule has 106 valence electrons. The second-order valence-electron chi connectivity index (χ2n) is 3.95. The number of benzene rings is 1. The van der Waals surface area contributed by atoms with Crippen molar-refractivity contribution in [3.63, 3.8) is 0 Å². The molecule has 20 heavy (non-hydrogen) atoms. The molecule has 2 rings (SSSR count). The van der Waals surface area contributed by atoms with Gasteiger partial charge < -0.3 is 10.1 Å². The molecule has 0 aliphatic rings. The fourth-order valence-corrected chi connectivity index (χ4v) is 1.80. The molecule has 0 amide bonds. The smallest absolute Gasteiger partial charge is 0.406 e. The lowest BCUT2D eigenvalue weighted by atomic mass is 10.1. The van der Waals surface area contributed by atoms with Crippen LogP contribution in [-0.4, -0.2) is 23.4 Å². The highest BCUT2D eigenvalue weighted by molar-refractivity contribution is 5.33. The van der Waals surface area contributed by atoms with Gasteiger partial charge >= 0.3 is 6.36 Å².